The summed E-state index contributed by atoms with van der Waals surface area (Å²) in [6.45, 7) is 1.73. The van der Waals surface area contributed by atoms with Gasteiger partial charge < -0.3 is 15.4 Å². The zero-order valence-corrected chi connectivity index (χ0v) is 10.9. The molecule has 0 bridgehead atoms. The Morgan fingerprint density at radius 2 is 2.06 bits per heavy atom. The molecule has 3 nitrogen and oxygen atoms in total. The van der Waals surface area contributed by atoms with Crippen molar-refractivity contribution >= 4 is 17.3 Å². The molecule has 0 saturated carbocycles. The number of halogens is 2. The van der Waals surface area contributed by atoms with Crippen LogP contribution in [0.2, 0.25) is 0 Å². The van der Waals surface area contributed by atoms with Crippen LogP contribution in [0.4, 0.5) is 8.78 Å². The number of methoxy groups -OCH3 is 1. The molecule has 0 fully saturated rings. The lowest BCUT2D eigenvalue weighted by atomic mass is 10.2. The fourth-order valence-electron chi connectivity index (χ4n) is 1.31. The molecule has 1 rings (SSSR count). The second-order valence-corrected chi connectivity index (χ2v) is 4.11. The number of ether oxygens (including phenoxy) is 1. The van der Waals surface area contributed by atoms with Crippen LogP contribution in [0.5, 0.6) is 0 Å². The Hall–Kier alpha value is -1.27. The van der Waals surface area contributed by atoms with Gasteiger partial charge in [0.2, 0.25) is 0 Å². The maximum absolute atomic E-state index is 12.9. The van der Waals surface area contributed by atoms with Crippen LogP contribution in [0.3, 0.4) is 0 Å². The van der Waals surface area contributed by atoms with E-state index in [1.54, 1.807) is 7.11 Å². The van der Waals surface area contributed by atoms with Crippen LogP contribution < -0.4 is 10.6 Å². The minimum atomic E-state index is -0.853. The highest BCUT2D eigenvalue weighted by Crippen LogP contribution is 2.08. The molecule has 0 amide bonds. The first-order valence-corrected chi connectivity index (χ1v) is 5.99. The molecule has 0 saturated heterocycles. The van der Waals surface area contributed by atoms with Crippen LogP contribution >= 0.6 is 12.2 Å². The summed E-state index contributed by atoms with van der Waals surface area (Å²) in [6, 6.07) is 3.76. The molecule has 0 aromatic heterocycles. The van der Waals surface area contributed by atoms with E-state index in [-0.39, 0.29) is 0 Å². The first-order valence-electron chi connectivity index (χ1n) is 5.58. The van der Waals surface area contributed by atoms with Gasteiger partial charge >= 0.3 is 0 Å². The normalized spacial score (nSPS) is 10.2. The second-order valence-electron chi connectivity index (χ2n) is 3.70. The molecule has 6 heteroatoms. The van der Waals surface area contributed by atoms with E-state index < -0.39 is 11.6 Å². The van der Waals surface area contributed by atoms with Gasteiger partial charge in [-0.3, -0.25) is 0 Å². The summed E-state index contributed by atoms with van der Waals surface area (Å²) in [4.78, 5) is 0. The van der Waals surface area contributed by atoms with Gasteiger partial charge in [-0.15, -0.1) is 0 Å². The van der Waals surface area contributed by atoms with Crippen LogP contribution in [0, 0.1) is 11.6 Å². The fraction of sp³-hybridized carbons (Fsp3) is 0.417. The van der Waals surface area contributed by atoms with Crippen molar-refractivity contribution < 1.29 is 13.5 Å². The van der Waals surface area contributed by atoms with Crippen molar-refractivity contribution in [2.24, 2.45) is 0 Å². The number of thiocarbonyl (C=S) groups is 1. The minimum absolute atomic E-state index is 0.354. The largest absolute Gasteiger partial charge is 0.385 e. The van der Waals surface area contributed by atoms with Crippen molar-refractivity contribution in [2.45, 2.75) is 13.0 Å². The van der Waals surface area contributed by atoms with Crippen molar-refractivity contribution in [1.29, 1.82) is 0 Å². The molecule has 0 aliphatic rings. The molecule has 0 spiro atoms. The van der Waals surface area contributed by atoms with Gasteiger partial charge in [0.15, 0.2) is 16.7 Å². The van der Waals surface area contributed by atoms with Crippen molar-refractivity contribution in [3.63, 3.8) is 0 Å². The van der Waals surface area contributed by atoms with E-state index in [4.69, 9.17) is 17.0 Å². The van der Waals surface area contributed by atoms with Gasteiger partial charge in [-0.2, -0.15) is 0 Å². The van der Waals surface area contributed by atoms with Crippen molar-refractivity contribution in [1.82, 2.24) is 10.6 Å². The first-order chi connectivity index (χ1) is 8.63. The Morgan fingerprint density at radius 1 is 1.28 bits per heavy atom. The first kappa shape index (κ1) is 14.8. The molecule has 0 aliphatic heterocycles. The van der Waals surface area contributed by atoms with Crippen LogP contribution in [0.15, 0.2) is 18.2 Å². The molecule has 100 valence electrons. The second kappa shape index (κ2) is 7.94. The molecular formula is C12H16F2N2OS. The number of hydrogen-bond donors (Lipinski definition) is 2. The third-order valence-electron chi connectivity index (χ3n) is 2.25. The van der Waals surface area contributed by atoms with E-state index in [2.05, 4.69) is 10.6 Å². The Balaban J connectivity index is 2.27. The summed E-state index contributed by atoms with van der Waals surface area (Å²) < 4.78 is 30.5. The molecule has 0 atom stereocenters. The van der Waals surface area contributed by atoms with Crippen molar-refractivity contribution in [3.8, 4) is 0 Å². The predicted molar refractivity (Wildman–Crippen MR) is 70.3 cm³/mol. The van der Waals surface area contributed by atoms with E-state index in [1.807, 2.05) is 0 Å². The molecule has 0 aliphatic carbocycles. The number of benzene rings is 1. The molecule has 0 heterocycles. The molecular weight excluding hydrogens is 258 g/mol. The smallest absolute Gasteiger partial charge is 0.166 e. The maximum Gasteiger partial charge on any atom is 0.166 e. The molecule has 1 aromatic carbocycles. The summed E-state index contributed by atoms with van der Waals surface area (Å²) in [6.07, 6.45) is 0.851. The third kappa shape index (κ3) is 5.37. The predicted octanol–water partition coefficient (Wildman–Crippen LogP) is 1.97. The molecule has 1 aromatic rings. The zero-order chi connectivity index (χ0) is 13.4. The minimum Gasteiger partial charge on any atom is -0.385 e. The van der Waals surface area contributed by atoms with E-state index in [0.717, 1.165) is 18.6 Å². The highest BCUT2D eigenvalue weighted by Gasteiger charge is 2.02. The van der Waals surface area contributed by atoms with E-state index in [0.29, 0.717) is 30.4 Å². The molecule has 0 unspecified atom stereocenters. The fourth-order valence-corrected chi connectivity index (χ4v) is 1.49. The highest BCUT2D eigenvalue weighted by atomic mass is 32.1. The molecule has 0 radical (unpaired) electrons. The monoisotopic (exact) mass is 274 g/mol. The van der Waals surface area contributed by atoms with Crippen molar-refractivity contribution in [2.75, 3.05) is 20.3 Å². The summed E-state index contributed by atoms with van der Waals surface area (Å²) in [5.74, 6) is -1.70. The highest BCUT2D eigenvalue weighted by molar-refractivity contribution is 7.80. The van der Waals surface area contributed by atoms with E-state index >= 15 is 0 Å². The quantitative estimate of drug-likeness (QED) is 0.614. The molecule has 2 N–H and O–H groups in total. The number of hydrogen-bond acceptors (Lipinski definition) is 2. The van der Waals surface area contributed by atoms with Crippen LogP contribution in [0.1, 0.15) is 12.0 Å². The van der Waals surface area contributed by atoms with Crippen LogP contribution in [-0.2, 0) is 11.3 Å². The van der Waals surface area contributed by atoms with Gasteiger partial charge in [0.05, 0.1) is 0 Å². The summed E-state index contributed by atoms with van der Waals surface area (Å²) in [5.41, 5.74) is 0.634. The van der Waals surface area contributed by atoms with Gasteiger partial charge in [-0.05, 0) is 36.3 Å². The van der Waals surface area contributed by atoms with Gasteiger partial charge in [0.1, 0.15) is 0 Å². The molecule has 18 heavy (non-hydrogen) atoms. The zero-order valence-electron chi connectivity index (χ0n) is 10.1. The topological polar surface area (TPSA) is 33.3 Å². The number of nitrogens with one attached hydrogen (secondary N) is 2. The van der Waals surface area contributed by atoms with E-state index in [9.17, 15) is 8.78 Å². The lowest BCUT2D eigenvalue weighted by molar-refractivity contribution is 0.195. The van der Waals surface area contributed by atoms with Gasteiger partial charge in [-0.25, -0.2) is 8.78 Å². The lowest BCUT2D eigenvalue weighted by Crippen LogP contribution is -2.35. The van der Waals surface area contributed by atoms with Crippen LogP contribution in [0.25, 0.3) is 0 Å². The van der Waals surface area contributed by atoms with Gasteiger partial charge in [-0.1, -0.05) is 6.07 Å². The summed E-state index contributed by atoms with van der Waals surface area (Å²) >= 11 is 5.03. The average molecular weight is 274 g/mol. The summed E-state index contributed by atoms with van der Waals surface area (Å²) in [5, 5.41) is 6.38. The average Bonchev–Trinajstić information content (AvgIpc) is 2.36. The van der Waals surface area contributed by atoms with Gasteiger partial charge in [0, 0.05) is 26.8 Å². The Kier molecular flexibility index (Phi) is 6.53. The van der Waals surface area contributed by atoms with E-state index in [1.165, 1.54) is 6.07 Å². The third-order valence-corrected chi connectivity index (χ3v) is 2.54. The van der Waals surface area contributed by atoms with Crippen molar-refractivity contribution in [3.05, 3.63) is 35.4 Å². The summed E-state index contributed by atoms with van der Waals surface area (Å²) in [7, 11) is 1.64. The Morgan fingerprint density at radius 3 is 2.72 bits per heavy atom. The standard InChI is InChI=1S/C12H16F2N2OS/c1-17-6-2-5-15-12(18)16-8-9-3-4-10(13)11(14)7-9/h3-4,7H,2,5-6,8H2,1H3,(H2,15,16,18). The van der Waals surface area contributed by atoms with Crippen LogP contribution in [-0.4, -0.2) is 25.4 Å². The Labute approximate surface area is 111 Å². The lowest BCUT2D eigenvalue weighted by Gasteiger charge is -2.10. The maximum atomic E-state index is 12.9. The SMILES string of the molecule is COCCCNC(=S)NCc1ccc(F)c(F)c1. The number of rotatable bonds is 6. The van der Waals surface area contributed by atoms with Gasteiger partial charge in [0.25, 0.3) is 0 Å². The Bertz CT molecular complexity index is 402.